The molecular weight excluding hydrogens is 437 g/mol. The van der Waals surface area contributed by atoms with Gasteiger partial charge in [-0.3, -0.25) is 4.79 Å². The molecule has 1 amide bonds. The van der Waals surface area contributed by atoms with E-state index in [1.54, 1.807) is 16.8 Å². The fraction of sp³-hybridized carbons (Fsp3) is 0.240. The van der Waals surface area contributed by atoms with Crippen molar-refractivity contribution in [1.29, 1.82) is 5.26 Å². The Balaban J connectivity index is 1.36. The molecule has 6 nitrogen and oxygen atoms in total. The van der Waals surface area contributed by atoms with E-state index in [2.05, 4.69) is 16.1 Å². The maximum atomic E-state index is 13.4. The first-order chi connectivity index (χ1) is 16.0. The maximum Gasteiger partial charge on any atom is 0.264 e. The first-order valence-electron chi connectivity index (χ1n) is 10.8. The summed E-state index contributed by atoms with van der Waals surface area (Å²) < 4.78 is 15.1. The van der Waals surface area contributed by atoms with E-state index < -0.39 is 0 Å². The molecule has 2 aromatic carbocycles. The summed E-state index contributed by atoms with van der Waals surface area (Å²) in [5.74, 6) is -0.264. The second kappa shape index (κ2) is 8.68. The topological polar surface area (TPSA) is 65.2 Å². The zero-order chi connectivity index (χ0) is 22.9. The van der Waals surface area contributed by atoms with E-state index in [4.69, 9.17) is 5.26 Å². The Morgan fingerprint density at radius 3 is 2.48 bits per heavy atom. The van der Waals surface area contributed by atoms with Crippen LogP contribution >= 0.6 is 11.3 Å². The molecule has 5 rings (SSSR count). The fourth-order valence-corrected chi connectivity index (χ4v) is 5.34. The largest absolute Gasteiger partial charge is 0.370 e. The number of nitriles is 1. The average molecular weight is 460 g/mol. The van der Waals surface area contributed by atoms with Gasteiger partial charge in [-0.2, -0.15) is 10.4 Å². The van der Waals surface area contributed by atoms with Crippen molar-refractivity contribution < 1.29 is 9.18 Å². The number of hydrogen-bond acceptors (Lipinski definition) is 5. The van der Waals surface area contributed by atoms with Crippen LogP contribution in [-0.2, 0) is 0 Å². The number of anilines is 1. The summed E-state index contributed by atoms with van der Waals surface area (Å²) in [7, 11) is 0. The number of thiophene rings is 1. The average Bonchev–Trinajstić information content (AvgIpc) is 3.30. The zero-order valence-electron chi connectivity index (χ0n) is 18.2. The molecule has 2 aromatic heterocycles. The summed E-state index contributed by atoms with van der Waals surface area (Å²) in [6, 6.07) is 17.9. The van der Waals surface area contributed by atoms with E-state index in [-0.39, 0.29) is 11.7 Å². The van der Waals surface area contributed by atoms with Gasteiger partial charge >= 0.3 is 0 Å². The highest BCUT2D eigenvalue weighted by molar-refractivity contribution is 7.20. The van der Waals surface area contributed by atoms with E-state index in [1.807, 2.05) is 42.2 Å². The summed E-state index contributed by atoms with van der Waals surface area (Å²) in [4.78, 5) is 19.1. The Hall–Kier alpha value is -3.70. The van der Waals surface area contributed by atoms with Crippen molar-refractivity contribution in [2.24, 2.45) is 0 Å². The number of carbonyl (C=O) groups is 1. The quantitative estimate of drug-likeness (QED) is 0.443. The molecule has 1 aliphatic heterocycles. The highest BCUT2D eigenvalue weighted by Crippen LogP contribution is 2.31. The summed E-state index contributed by atoms with van der Waals surface area (Å²) in [5.41, 5.74) is 3.32. The van der Waals surface area contributed by atoms with Gasteiger partial charge in [0.05, 0.1) is 27.9 Å². The lowest BCUT2D eigenvalue weighted by Gasteiger charge is -2.23. The maximum absolute atomic E-state index is 13.4. The number of aryl methyl sites for hydroxylation is 1. The molecule has 0 spiro atoms. The third kappa shape index (κ3) is 4.08. The SMILES string of the molecule is Cc1nn(-c2ccc(F)cc2)c2sc(C(=O)N3CCCN(c4ccc(C#N)cc4)CC3)cc12. The molecule has 4 aromatic rings. The molecule has 1 fully saturated rings. The number of nitrogens with zero attached hydrogens (tertiary/aromatic N) is 5. The van der Waals surface area contributed by atoms with E-state index in [0.29, 0.717) is 23.5 Å². The van der Waals surface area contributed by atoms with Gasteiger partial charge in [0.25, 0.3) is 5.91 Å². The van der Waals surface area contributed by atoms with E-state index >= 15 is 0 Å². The molecule has 1 saturated heterocycles. The standard InChI is InChI=1S/C25H22FN5OS/c1-17-22-15-23(33-25(22)31(28-17)21-9-5-19(26)6-10-21)24(32)30-12-2-11-29(13-14-30)20-7-3-18(16-27)4-8-20/h3-10,15H,2,11-14H2,1H3. The Morgan fingerprint density at radius 2 is 1.76 bits per heavy atom. The van der Waals surface area contributed by atoms with Gasteiger partial charge in [0.15, 0.2) is 0 Å². The van der Waals surface area contributed by atoms with Crippen molar-refractivity contribution in [2.75, 3.05) is 31.1 Å². The second-order valence-electron chi connectivity index (χ2n) is 8.09. The predicted molar refractivity (Wildman–Crippen MR) is 128 cm³/mol. The minimum Gasteiger partial charge on any atom is -0.370 e. The van der Waals surface area contributed by atoms with E-state index in [9.17, 15) is 9.18 Å². The van der Waals surface area contributed by atoms with Crippen LogP contribution in [0.15, 0.2) is 54.6 Å². The molecule has 0 aliphatic carbocycles. The molecule has 3 heterocycles. The number of hydrogen-bond donors (Lipinski definition) is 0. The molecule has 0 atom stereocenters. The monoisotopic (exact) mass is 459 g/mol. The number of amides is 1. The molecule has 0 N–H and O–H groups in total. The number of halogens is 1. The van der Waals surface area contributed by atoms with Gasteiger partial charge in [0.2, 0.25) is 0 Å². The number of benzene rings is 2. The van der Waals surface area contributed by atoms with Crippen molar-refractivity contribution in [2.45, 2.75) is 13.3 Å². The number of carbonyl (C=O) groups excluding carboxylic acids is 1. The minimum absolute atomic E-state index is 0.0305. The molecule has 1 aliphatic rings. The van der Waals surface area contributed by atoms with Crippen molar-refractivity contribution >= 4 is 33.1 Å². The summed E-state index contributed by atoms with van der Waals surface area (Å²) >= 11 is 1.42. The van der Waals surface area contributed by atoms with Crippen molar-refractivity contribution in [3.05, 3.63) is 76.5 Å². The number of aromatic nitrogens is 2. The number of rotatable bonds is 3. The Kier molecular flexibility index (Phi) is 5.56. The Morgan fingerprint density at radius 1 is 1.03 bits per heavy atom. The highest BCUT2D eigenvalue weighted by Gasteiger charge is 2.24. The molecule has 166 valence electrons. The molecule has 0 saturated carbocycles. The molecule has 33 heavy (non-hydrogen) atoms. The lowest BCUT2D eigenvalue weighted by atomic mass is 10.2. The molecule has 0 radical (unpaired) electrons. The Bertz CT molecular complexity index is 1350. The summed E-state index contributed by atoms with van der Waals surface area (Å²) in [5, 5.41) is 14.5. The van der Waals surface area contributed by atoms with Gasteiger partial charge in [-0.1, -0.05) is 0 Å². The van der Waals surface area contributed by atoms with Crippen LogP contribution in [0.4, 0.5) is 10.1 Å². The summed E-state index contributed by atoms with van der Waals surface area (Å²) in [6.07, 6.45) is 0.874. The van der Waals surface area contributed by atoms with Gasteiger partial charge < -0.3 is 9.80 Å². The smallest absolute Gasteiger partial charge is 0.264 e. The molecule has 8 heteroatoms. The van der Waals surface area contributed by atoms with Crippen molar-refractivity contribution in [1.82, 2.24) is 14.7 Å². The summed E-state index contributed by atoms with van der Waals surface area (Å²) in [6.45, 7) is 4.86. The van der Waals surface area contributed by atoms with E-state index in [0.717, 1.165) is 46.8 Å². The van der Waals surface area contributed by atoms with Gasteiger partial charge in [-0.25, -0.2) is 9.07 Å². The van der Waals surface area contributed by atoms with Gasteiger partial charge in [-0.05, 0) is 67.9 Å². The van der Waals surface area contributed by atoms with Crippen LogP contribution in [-0.4, -0.2) is 46.8 Å². The normalized spacial score (nSPS) is 14.3. The third-order valence-electron chi connectivity index (χ3n) is 5.97. The van der Waals surface area contributed by atoms with Crippen LogP contribution in [0.3, 0.4) is 0 Å². The molecule has 0 unspecified atom stereocenters. The lowest BCUT2D eigenvalue weighted by Crippen LogP contribution is -2.34. The van der Waals surface area contributed by atoms with Crippen molar-refractivity contribution in [3.8, 4) is 11.8 Å². The van der Waals surface area contributed by atoms with Gasteiger partial charge in [0, 0.05) is 37.3 Å². The van der Waals surface area contributed by atoms with Gasteiger partial charge in [0.1, 0.15) is 10.6 Å². The van der Waals surface area contributed by atoms with Crippen LogP contribution in [0.5, 0.6) is 0 Å². The first-order valence-corrected chi connectivity index (χ1v) is 11.6. The fourth-order valence-electron chi connectivity index (χ4n) is 4.19. The number of fused-ring (bicyclic) bond motifs is 1. The van der Waals surface area contributed by atoms with Crippen LogP contribution in [0.2, 0.25) is 0 Å². The lowest BCUT2D eigenvalue weighted by molar-refractivity contribution is 0.0772. The predicted octanol–water partition coefficient (Wildman–Crippen LogP) is 4.76. The minimum atomic E-state index is -0.294. The van der Waals surface area contributed by atoms with Crippen LogP contribution < -0.4 is 4.90 Å². The van der Waals surface area contributed by atoms with Gasteiger partial charge in [-0.15, -0.1) is 11.3 Å². The van der Waals surface area contributed by atoms with Crippen LogP contribution in [0, 0.1) is 24.1 Å². The van der Waals surface area contributed by atoms with Crippen LogP contribution in [0.25, 0.3) is 15.9 Å². The second-order valence-corrected chi connectivity index (χ2v) is 9.13. The first kappa shape index (κ1) is 21.2. The highest BCUT2D eigenvalue weighted by atomic mass is 32.1. The Labute approximate surface area is 195 Å². The van der Waals surface area contributed by atoms with E-state index in [1.165, 1.54) is 23.5 Å². The third-order valence-corrected chi connectivity index (χ3v) is 7.07. The zero-order valence-corrected chi connectivity index (χ0v) is 19.0. The molecular formula is C25H22FN5OS. The van der Waals surface area contributed by atoms with Crippen molar-refractivity contribution in [3.63, 3.8) is 0 Å². The molecule has 0 bridgehead atoms. The van der Waals surface area contributed by atoms with Crippen LogP contribution in [0.1, 0.15) is 27.3 Å².